The number of benzene rings is 1. The molecule has 0 amide bonds. The van der Waals surface area contributed by atoms with Crippen molar-refractivity contribution in [2.45, 2.75) is 26.2 Å². The van der Waals surface area contributed by atoms with Gasteiger partial charge in [0.1, 0.15) is 4.83 Å². The van der Waals surface area contributed by atoms with Crippen molar-refractivity contribution in [3.05, 3.63) is 53.7 Å². The van der Waals surface area contributed by atoms with Crippen LogP contribution in [-0.4, -0.2) is 21.7 Å². The lowest BCUT2D eigenvalue weighted by Gasteiger charge is -2.02. The Morgan fingerprint density at radius 3 is 2.79 bits per heavy atom. The summed E-state index contributed by atoms with van der Waals surface area (Å²) in [4.78, 5) is 5.88. The van der Waals surface area contributed by atoms with Crippen LogP contribution in [0.25, 0.3) is 20.4 Å². The molecule has 0 radical (unpaired) electrons. The van der Waals surface area contributed by atoms with Gasteiger partial charge < -0.3 is 5.32 Å². The molecule has 4 aromatic rings. The van der Waals surface area contributed by atoms with E-state index in [2.05, 4.69) is 58.8 Å². The highest BCUT2D eigenvalue weighted by atomic mass is 32.1. The maximum Gasteiger partial charge on any atom is 0.165 e. The summed E-state index contributed by atoms with van der Waals surface area (Å²) < 4.78 is 1.17. The molecule has 0 saturated heterocycles. The lowest BCUT2D eigenvalue weighted by molar-refractivity contribution is 0.891. The van der Waals surface area contributed by atoms with Gasteiger partial charge in [-0.1, -0.05) is 43.7 Å². The standard InChI is InChI=1S/C19H20N4S/c1-2-6-14-9-10-15-16-17(24-19(15)21-14)18(23-22-16)20-12-11-13-7-4-3-5-8-13/h3-5,7-10H,2,6,11-12H2,1H3,(H2,20,22,23). The Morgan fingerprint density at radius 2 is 1.96 bits per heavy atom. The maximum atomic E-state index is 4.79. The lowest BCUT2D eigenvalue weighted by Crippen LogP contribution is -2.05. The third kappa shape index (κ3) is 2.87. The summed E-state index contributed by atoms with van der Waals surface area (Å²) in [6.07, 6.45) is 3.14. The first kappa shape index (κ1) is 15.1. The summed E-state index contributed by atoms with van der Waals surface area (Å²) in [5.74, 6) is 0.931. The van der Waals surface area contributed by atoms with E-state index in [0.29, 0.717) is 0 Å². The van der Waals surface area contributed by atoms with Gasteiger partial charge in [-0.25, -0.2) is 4.98 Å². The van der Waals surface area contributed by atoms with Gasteiger partial charge in [-0.15, -0.1) is 11.3 Å². The molecule has 4 rings (SSSR count). The number of hydrogen-bond acceptors (Lipinski definition) is 4. The minimum Gasteiger partial charge on any atom is -0.367 e. The second-order valence-electron chi connectivity index (χ2n) is 5.95. The van der Waals surface area contributed by atoms with E-state index in [1.165, 1.54) is 21.3 Å². The highest BCUT2D eigenvalue weighted by Gasteiger charge is 2.13. The molecule has 4 nitrogen and oxygen atoms in total. The molecule has 0 bridgehead atoms. The number of pyridine rings is 1. The van der Waals surface area contributed by atoms with Crippen molar-refractivity contribution >= 4 is 37.6 Å². The van der Waals surface area contributed by atoms with E-state index in [0.717, 1.165) is 42.0 Å². The molecule has 0 atom stereocenters. The van der Waals surface area contributed by atoms with Crippen LogP contribution in [0.5, 0.6) is 0 Å². The number of hydrogen-bond donors (Lipinski definition) is 2. The zero-order valence-electron chi connectivity index (χ0n) is 13.7. The van der Waals surface area contributed by atoms with Gasteiger partial charge in [-0.05, 0) is 30.5 Å². The molecule has 0 saturated carbocycles. The van der Waals surface area contributed by atoms with Crippen molar-refractivity contribution in [3.8, 4) is 0 Å². The van der Waals surface area contributed by atoms with Crippen LogP contribution in [0, 0.1) is 0 Å². The van der Waals surface area contributed by atoms with Gasteiger partial charge in [-0.3, -0.25) is 5.10 Å². The third-order valence-corrected chi connectivity index (χ3v) is 5.27. The van der Waals surface area contributed by atoms with Gasteiger partial charge in [0.2, 0.25) is 0 Å². The van der Waals surface area contributed by atoms with Crippen molar-refractivity contribution < 1.29 is 0 Å². The van der Waals surface area contributed by atoms with Gasteiger partial charge in [0.05, 0.1) is 10.2 Å². The van der Waals surface area contributed by atoms with E-state index in [-0.39, 0.29) is 0 Å². The number of rotatable bonds is 6. The SMILES string of the molecule is CCCc1ccc2c(n1)sc1c(NCCc3ccccc3)n[nH]c12. The number of aromatic amines is 1. The fourth-order valence-corrected chi connectivity index (χ4v) is 4.05. The van der Waals surface area contributed by atoms with Crippen LogP contribution in [0.15, 0.2) is 42.5 Å². The van der Waals surface area contributed by atoms with Crippen LogP contribution < -0.4 is 5.32 Å². The summed E-state index contributed by atoms with van der Waals surface area (Å²) in [7, 11) is 0. The quantitative estimate of drug-likeness (QED) is 0.533. The highest BCUT2D eigenvalue weighted by Crippen LogP contribution is 2.35. The van der Waals surface area contributed by atoms with E-state index in [1.807, 2.05) is 6.07 Å². The zero-order chi connectivity index (χ0) is 16.4. The lowest BCUT2D eigenvalue weighted by atomic mass is 10.1. The molecule has 3 heterocycles. The molecule has 2 N–H and O–H groups in total. The monoisotopic (exact) mass is 336 g/mol. The van der Waals surface area contributed by atoms with Crippen molar-refractivity contribution in [2.75, 3.05) is 11.9 Å². The van der Waals surface area contributed by atoms with Crippen LogP contribution in [0.3, 0.4) is 0 Å². The molecular formula is C19H20N4S. The number of fused-ring (bicyclic) bond motifs is 3. The van der Waals surface area contributed by atoms with E-state index < -0.39 is 0 Å². The Labute approximate surface area is 144 Å². The Bertz CT molecular complexity index is 955. The average Bonchev–Trinajstić information content (AvgIpc) is 3.15. The van der Waals surface area contributed by atoms with Crippen molar-refractivity contribution in [1.82, 2.24) is 15.2 Å². The Balaban J connectivity index is 1.56. The first-order chi connectivity index (χ1) is 11.8. The van der Waals surface area contributed by atoms with Gasteiger partial charge in [0.15, 0.2) is 5.82 Å². The van der Waals surface area contributed by atoms with Gasteiger partial charge in [0.25, 0.3) is 0 Å². The third-order valence-electron chi connectivity index (χ3n) is 4.16. The van der Waals surface area contributed by atoms with E-state index in [4.69, 9.17) is 4.98 Å². The maximum absolute atomic E-state index is 4.79. The first-order valence-corrected chi connectivity index (χ1v) is 9.21. The topological polar surface area (TPSA) is 53.6 Å². The normalized spacial score (nSPS) is 11.4. The summed E-state index contributed by atoms with van der Waals surface area (Å²) in [5, 5.41) is 12.2. The van der Waals surface area contributed by atoms with Gasteiger partial charge in [0, 0.05) is 17.6 Å². The Kier molecular flexibility index (Phi) is 4.17. The fourth-order valence-electron chi connectivity index (χ4n) is 2.94. The molecule has 0 aliphatic rings. The summed E-state index contributed by atoms with van der Waals surface area (Å²) in [5.41, 5.74) is 3.59. The predicted molar refractivity (Wildman–Crippen MR) is 102 cm³/mol. The smallest absolute Gasteiger partial charge is 0.165 e. The minimum atomic E-state index is 0.868. The second kappa shape index (κ2) is 6.61. The molecule has 24 heavy (non-hydrogen) atoms. The van der Waals surface area contributed by atoms with Crippen molar-refractivity contribution in [3.63, 3.8) is 0 Å². The number of thiophene rings is 1. The fraction of sp³-hybridized carbons (Fsp3) is 0.263. The number of aryl methyl sites for hydroxylation is 1. The predicted octanol–water partition coefficient (Wildman–Crippen LogP) is 4.78. The number of nitrogens with zero attached hydrogens (tertiary/aromatic N) is 2. The summed E-state index contributed by atoms with van der Waals surface area (Å²) in [6, 6.07) is 14.8. The van der Waals surface area contributed by atoms with E-state index >= 15 is 0 Å². The van der Waals surface area contributed by atoms with E-state index in [9.17, 15) is 0 Å². The van der Waals surface area contributed by atoms with Gasteiger partial charge >= 0.3 is 0 Å². The summed E-state index contributed by atoms with van der Waals surface area (Å²) >= 11 is 1.71. The molecule has 3 aromatic heterocycles. The number of nitrogens with one attached hydrogen (secondary N) is 2. The van der Waals surface area contributed by atoms with Gasteiger partial charge in [-0.2, -0.15) is 5.10 Å². The van der Waals surface area contributed by atoms with E-state index in [1.54, 1.807) is 11.3 Å². The molecule has 5 heteroatoms. The zero-order valence-corrected chi connectivity index (χ0v) is 14.5. The molecule has 0 spiro atoms. The molecular weight excluding hydrogens is 316 g/mol. The average molecular weight is 336 g/mol. The number of H-pyrrole nitrogens is 1. The van der Waals surface area contributed by atoms with Crippen molar-refractivity contribution in [1.29, 1.82) is 0 Å². The molecule has 1 aromatic carbocycles. The largest absolute Gasteiger partial charge is 0.367 e. The van der Waals surface area contributed by atoms with Crippen LogP contribution >= 0.6 is 11.3 Å². The molecule has 122 valence electrons. The molecule has 0 unspecified atom stereocenters. The molecule has 0 fully saturated rings. The Hall–Kier alpha value is -2.40. The first-order valence-electron chi connectivity index (χ1n) is 8.39. The van der Waals surface area contributed by atoms with Crippen LogP contribution in [0.2, 0.25) is 0 Å². The van der Waals surface area contributed by atoms with Crippen LogP contribution in [-0.2, 0) is 12.8 Å². The van der Waals surface area contributed by atoms with Crippen LogP contribution in [0.1, 0.15) is 24.6 Å². The van der Waals surface area contributed by atoms with Crippen molar-refractivity contribution in [2.24, 2.45) is 0 Å². The molecule has 0 aliphatic heterocycles. The minimum absolute atomic E-state index is 0.868. The van der Waals surface area contributed by atoms with Crippen LogP contribution in [0.4, 0.5) is 5.82 Å². The number of aromatic nitrogens is 3. The summed E-state index contributed by atoms with van der Waals surface area (Å²) in [6.45, 7) is 3.05. The Morgan fingerprint density at radius 1 is 1.08 bits per heavy atom. The second-order valence-corrected chi connectivity index (χ2v) is 6.95. The number of anilines is 1. The highest BCUT2D eigenvalue weighted by molar-refractivity contribution is 7.26. The molecule has 0 aliphatic carbocycles.